The van der Waals surface area contributed by atoms with Gasteiger partial charge in [0.05, 0.1) is 22.8 Å². The van der Waals surface area contributed by atoms with Gasteiger partial charge >= 0.3 is 0 Å². The lowest BCUT2D eigenvalue weighted by Gasteiger charge is -2.25. The van der Waals surface area contributed by atoms with Gasteiger partial charge in [-0.25, -0.2) is 8.42 Å². The molecular weight excluding hydrogens is 348 g/mol. The van der Waals surface area contributed by atoms with Crippen molar-refractivity contribution in [3.63, 3.8) is 0 Å². The molecular formula is C20H24N2O3S. The van der Waals surface area contributed by atoms with Gasteiger partial charge in [0.25, 0.3) is 5.91 Å². The Morgan fingerprint density at radius 1 is 1.08 bits per heavy atom. The highest BCUT2D eigenvalue weighted by Gasteiger charge is 2.33. The van der Waals surface area contributed by atoms with E-state index >= 15 is 0 Å². The summed E-state index contributed by atoms with van der Waals surface area (Å²) in [6, 6.07) is 13.1. The number of rotatable bonds is 4. The van der Waals surface area contributed by atoms with Gasteiger partial charge in [0.2, 0.25) is 0 Å². The van der Waals surface area contributed by atoms with E-state index in [9.17, 15) is 13.2 Å². The average Bonchev–Trinajstić information content (AvgIpc) is 2.98. The third-order valence-electron chi connectivity index (χ3n) is 5.11. The lowest BCUT2D eigenvalue weighted by molar-refractivity contribution is 0.0748. The molecule has 1 aliphatic rings. The van der Waals surface area contributed by atoms with Crippen LogP contribution >= 0.6 is 0 Å². The molecule has 0 aliphatic carbocycles. The Morgan fingerprint density at radius 2 is 1.77 bits per heavy atom. The highest BCUT2D eigenvalue weighted by Crippen LogP contribution is 2.27. The zero-order valence-electron chi connectivity index (χ0n) is 15.3. The first-order valence-corrected chi connectivity index (χ1v) is 10.5. The second-order valence-corrected chi connectivity index (χ2v) is 9.12. The number of aryl methyl sites for hydroxylation is 1. The van der Waals surface area contributed by atoms with Gasteiger partial charge in [-0.1, -0.05) is 24.3 Å². The Labute approximate surface area is 154 Å². The molecule has 1 heterocycles. The smallest absolute Gasteiger partial charge is 0.255 e. The van der Waals surface area contributed by atoms with E-state index in [0.29, 0.717) is 12.0 Å². The SMILES string of the molecule is Cc1cccc(Nc2ccccc2C(=O)N(C)C2CCS(=O)(=O)C2)c1C. The van der Waals surface area contributed by atoms with E-state index < -0.39 is 9.84 Å². The van der Waals surface area contributed by atoms with Crippen LogP contribution in [0.2, 0.25) is 0 Å². The van der Waals surface area contributed by atoms with Crippen molar-refractivity contribution in [2.75, 3.05) is 23.9 Å². The van der Waals surface area contributed by atoms with Crippen molar-refractivity contribution in [3.8, 4) is 0 Å². The molecule has 1 fully saturated rings. The molecule has 26 heavy (non-hydrogen) atoms. The van der Waals surface area contributed by atoms with E-state index in [2.05, 4.69) is 5.32 Å². The fourth-order valence-electron chi connectivity index (χ4n) is 3.25. The molecule has 138 valence electrons. The fraction of sp³-hybridized carbons (Fsp3) is 0.350. The summed E-state index contributed by atoms with van der Waals surface area (Å²) in [5.41, 5.74) is 4.52. The summed E-state index contributed by atoms with van der Waals surface area (Å²) in [6.07, 6.45) is 0.497. The van der Waals surface area contributed by atoms with Crippen LogP contribution in [0.4, 0.5) is 11.4 Å². The molecule has 5 nitrogen and oxygen atoms in total. The number of sulfone groups is 1. The molecule has 1 N–H and O–H groups in total. The van der Waals surface area contributed by atoms with Crippen molar-refractivity contribution < 1.29 is 13.2 Å². The molecule has 6 heteroatoms. The van der Waals surface area contributed by atoms with Crippen molar-refractivity contribution in [1.82, 2.24) is 4.90 Å². The predicted octanol–water partition coefficient (Wildman–Crippen LogP) is 3.31. The van der Waals surface area contributed by atoms with Crippen LogP contribution in [0, 0.1) is 13.8 Å². The minimum absolute atomic E-state index is 0.0435. The number of hydrogen-bond donors (Lipinski definition) is 1. The second kappa shape index (κ2) is 7.11. The topological polar surface area (TPSA) is 66.5 Å². The average molecular weight is 372 g/mol. The first kappa shape index (κ1) is 18.5. The van der Waals surface area contributed by atoms with Crippen molar-refractivity contribution in [2.24, 2.45) is 0 Å². The van der Waals surface area contributed by atoms with Gasteiger partial charge in [-0.3, -0.25) is 4.79 Å². The molecule has 0 saturated carbocycles. The van der Waals surface area contributed by atoms with Crippen molar-refractivity contribution in [3.05, 3.63) is 59.2 Å². The summed E-state index contributed by atoms with van der Waals surface area (Å²) in [5.74, 6) is 0.0277. The summed E-state index contributed by atoms with van der Waals surface area (Å²) < 4.78 is 23.5. The Morgan fingerprint density at radius 3 is 2.46 bits per heavy atom. The number of anilines is 2. The predicted molar refractivity (Wildman–Crippen MR) is 105 cm³/mol. The van der Waals surface area contributed by atoms with Crippen LogP contribution in [0.25, 0.3) is 0 Å². The molecule has 1 atom stereocenters. The van der Waals surface area contributed by atoms with Crippen LogP contribution < -0.4 is 5.32 Å². The zero-order valence-corrected chi connectivity index (χ0v) is 16.1. The number of carbonyl (C=O) groups is 1. The number of nitrogens with zero attached hydrogens (tertiary/aromatic N) is 1. The van der Waals surface area contributed by atoms with Crippen molar-refractivity contribution in [2.45, 2.75) is 26.3 Å². The molecule has 2 aromatic rings. The number of benzene rings is 2. The van der Waals surface area contributed by atoms with Crippen LogP contribution in [0.1, 0.15) is 27.9 Å². The van der Waals surface area contributed by atoms with E-state index in [4.69, 9.17) is 0 Å². The molecule has 1 saturated heterocycles. The summed E-state index contributed by atoms with van der Waals surface area (Å²) in [4.78, 5) is 14.6. The van der Waals surface area contributed by atoms with Crippen LogP contribution in [0.5, 0.6) is 0 Å². The first-order valence-electron chi connectivity index (χ1n) is 8.68. The first-order chi connectivity index (χ1) is 12.3. The Kier molecular flexibility index (Phi) is 5.05. The van der Waals surface area contributed by atoms with Crippen molar-refractivity contribution in [1.29, 1.82) is 0 Å². The fourth-order valence-corrected chi connectivity index (χ4v) is 5.02. The van der Waals surface area contributed by atoms with Gasteiger partial charge < -0.3 is 10.2 Å². The summed E-state index contributed by atoms with van der Waals surface area (Å²) in [7, 11) is -1.35. The Hall–Kier alpha value is -2.34. The third-order valence-corrected chi connectivity index (χ3v) is 6.86. The largest absolute Gasteiger partial charge is 0.355 e. The van der Waals surface area contributed by atoms with E-state index in [1.54, 1.807) is 18.0 Å². The van der Waals surface area contributed by atoms with Gasteiger partial charge in [0.1, 0.15) is 0 Å². The van der Waals surface area contributed by atoms with E-state index in [-0.39, 0.29) is 23.5 Å². The van der Waals surface area contributed by atoms with Gasteiger partial charge in [0.15, 0.2) is 9.84 Å². The number of para-hydroxylation sites is 1. The molecule has 0 aromatic heterocycles. The van der Waals surface area contributed by atoms with Gasteiger partial charge in [-0.2, -0.15) is 0 Å². The maximum atomic E-state index is 13.0. The van der Waals surface area contributed by atoms with Crippen LogP contribution in [-0.4, -0.2) is 43.8 Å². The normalized spacial score (nSPS) is 18.5. The minimum atomic E-state index is -3.03. The number of hydrogen-bond acceptors (Lipinski definition) is 4. The quantitative estimate of drug-likeness (QED) is 0.894. The summed E-state index contributed by atoms with van der Waals surface area (Å²) >= 11 is 0. The van der Waals surface area contributed by atoms with E-state index in [0.717, 1.165) is 16.9 Å². The number of nitrogens with one attached hydrogen (secondary N) is 1. The molecule has 1 aliphatic heterocycles. The maximum absolute atomic E-state index is 13.0. The Bertz CT molecular complexity index is 938. The molecule has 0 radical (unpaired) electrons. The third kappa shape index (κ3) is 3.75. The van der Waals surface area contributed by atoms with Gasteiger partial charge in [-0.05, 0) is 49.6 Å². The summed E-state index contributed by atoms with van der Waals surface area (Å²) in [6.45, 7) is 4.09. The van der Waals surface area contributed by atoms with Crippen LogP contribution in [-0.2, 0) is 9.84 Å². The molecule has 3 rings (SSSR count). The number of amides is 1. The monoisotopic (exact) mass is 372 g/mol. The highest BCUT2D eigenvalue weighted by molar-refractivity contribution is 7.91. The molecule has 1 amide bonds. The number of carbonyl (C=O) groups excluding carboxylic acids is 1. The zero-order chi connectivity index (χ0) is 18.9. The molecule has 1 unspecified atom stereocenters. The van der Waals surface area contributed by atoms with E-state index in [1.807, 2.05) is 50.2 Å². The maximum Gasteiger partial charge on any atom is 0.255 e. The molecule has 0 spiro atoms. The second-order valence-electron chi connectivity index (χ2n) is 6.89. The molecule has 0 bridgehead atoms. The molecule has 2 aromatic carbocycles. The summed E-state index contributed by atoms with van der Waals surface area (Å²) in [5, 5.41) is 3.36. The lowest BCUT2D eigenvalue weighted by Crippen LogP contribution is -2.38. The van der Waals surface area contributed by atoms with Crippen LogP contribution in [0.15, 0.2) is 42.5 Å². The Balaban J connectivity index is 1.87. The van der Waals surface area contributed by atoms with Crippen LogP contribution in [0.3, 0.4) is 0 Å². The van der Waals surface area contributed by atoms with Gasteiger partial charge in [-0.15, -0.1) is 0 Å². The standard InChI is InChI=1S/C20H24N2O3S/c1-14-7-6-10-18(15(14)2)21-19-9-5-4-8-17(19)20(23)22(3)16-11-12-26(24,25)13-16/h4-10,16,21H,11-13H2,1-3H3. The highest BCUT2D eigenvalue weighted by atomic mass is 32.2. The van der Waals surface area contributed by atoms with Crippen molar-refractivity contribution >= 4 is 27.1 Å². The lowest BCUT2D eigenvalue weighted by atomic mass is 10.1. The minimum Gasteiger partial charge on any atom is -0.355 e. The van der Waals surface area contributed by atoms with Gasteiger partial charge in [0, 0.05) is 18.8 Å². The van der Waals surface area contributed by atoms with E-state index in [1.165, 1.54) is 5.56 Å².